The van der Waals surface area contributed by atoms with E-state index >= 15 is 0 Å². The molecule has 1 aromatic carbocycles. The summed E-state index contributed by atoms with van der Waals surface area (Å²) in [6.07, 6.45) is -0.148. The third-order valence-electron chi connectivity index (χ3n) is 2.19. The lowest BCUT2D eigenvalue weighted by Gasteiger charge is -2.05. The Morgan fingerprint density at radius 3 is 2.81 bits per heavy atom. The number of carboxylic acids is 1. The zero-order valence-electron chi connectivity index (χ0n) is 8.64. The molecule has 0 unspecified atom stereocenters. The molecule has 1 aromatic heterocycles. The molecule has 1 heterocycles. The highest BCUT2D eigenvalue weighted by molar-refractivity contribution is 5.85. The number of phenolic OH excluding ortho intramolecular Hbond substituents is 1. The van der Waals surface area contributed by atoms with Crippen molar-refractivity contribution in [2.45, 2.75) is 13.3 Å². The van der Waals surface area contributed by atoms with Gasteiger partial charge in [-0.2, -0.15) is 0 Å². The number of hydrogen-bond acceptors (Lipinski definition) is 4. The van der Waals surface area contributed by atoms with E-state index in [9.17, 15) is 9.90 Å². The van der Waals surface area contributed by atoms with Crippen molar-refractivity contribution in [3.8, 4) is 5.75 Å². The Labute approximate surface area is 91.4 Å². The Hall–Kier alpha value is -2.17. The summed E-state index contributed by atoms with van der Waals surface area (Å²) in [5, 5.41) is 18.7. The summed E-state index contributed by atoms with van der Waals surface area (Å²) in [4.78, 5) is 18.9. The van der Waals surface area contributed by atoms with Gasteiger partial charge in [0, 0.05) is 11.5 Å². The van der Waals surface area contributed by atoms with Crippen molar-refractivity contribution >= 4 is 16.9 Å². The van der Waals surface area contributed by atoms with Crippen LogP contribution in [-0.2, 0) is 11.2 Å². The largest absolute Gasteiger partial charge is 0.508 e. The Morgan fingerprint density at radius 2 is 2.12 bits per heavy atom. The molecule has 2 aromatic rings. The molecule has 0 saturated heterocycles. The molecule has 0 atom stereocenters. The van der Waals surface area contributed by atoms with E-state index in [1.54, 1.807) is 13.0 Å². The van der Waals surface area contributed by atoms with Crippen molar-refractivity contribution in [3.05, 3.63) is 29.7 Å². The van der Waals surface area contributed by atoms with Gasteiger partial charge in [-0.1, -0.05) is 0 Å². The lowest BCUT2D eigenvalue weighted by atomic mass is 10.1. The van der Waals surface area contributed by atoms with E-state index in [1.165, 1.54) is 12.1 Å². The molecule has 0 aliphatic carbocycles. The lowest BCUT2D eigenvalue weighted by molar-refractivity contribution is -0.136. The number of rotatable bonds is 2. The molecule has 0 aliphatic rings. The van der Waals surface area contributed by atoms with E-state index in [0.29, 0.717) is 22.4 Å². The quantitative estimate of drug-likeness (QED) is 0.793. The number of fused-ring (bicyclic) bond motifs is 1. The van der Waals surface area contributed by atoms with Crippen LogP contribution in [-0.4, -0.2) is 26.2 Å². The van der Waals surface area contributed by atoms with Gasteiger partial charge in [0.25, 0.3) is 0 Å². The SMILES string of the molecule is Cc1nc(CC(=O)O)c2ccc(O)cc2n1. The molecule has 0 bridgehead atoms. The number of aliphatic carboxylic acids is 1. The van der Waals surface area contributed by atoms with Crippen LogP contribution in [0.2, 0.25) is 0 Å². The van der Waals surface area contributed by atoms with Crippen molar-refractivity contribution in [2.75, 3.05) is 0 Å². The second-order valence-electron chi connectivity index (χ2n) is 3.49. The molecule has 0 radical (unpaired) electrons. The highest BCUT2D eigenvalue weighted by atomic mass is 16.4. The first kappa shape index (κ1) is 10.4. The maximum atomic E-state index is 10.7. The molecule has 5 heteroatoms. The molecule has 2 N–H and O–H groups in total. The molecular formula is C11H10N2O3. The fraction of sp³-hybridized carbons (Fsp3) is 0.182. The molecule has 0 aliphatic heterocycles. The van der Waals surface area contributed by atoms with E-state index in [-0.39, 0.29) is 12.2 Å². The van der Waals surface area contributed by atoms with Crippen LogP contribution < -0.4 is 0 Å². The Balaban J connectivity index is 2.67. The van der Waals surface area contributed by atoms with Gasteiger partial charge in [-0.15, -0.1) is 0 Å². The van der Waals surface area contributed by atoms with Gasteiger partial charge in [-0.05, 0) is 19.1 Å². The fourth-order valence-corrected chi connectivity index (χ4v) is 1.59. The van der Waals surface area contributed by atoms with Gasteiger partial charge >= 0.3 is 5.97 Å². The average Bonchev–Trinajstić information content (AvgIpc) is 2.15. The number of benzene rings is 1. The van der Waals surface area contributed by atoms with Crippen LogP contribution in [0.5, 0.6) is 5.75 Å². The van der Waals surface area contributed by atoms with E-state index in [0.717, 1.165) is 0 Å². The number of phenols is 1. The second-order valence-corrected chi connectivity index (χ2v) is 3.49. The molecule has 5 nitrogen and oxygen atoms in total. The van der Waals surface area contributed by atoms with E-state index in [1.807, 2.05) is 0 Å². The van der Waals surface area contributed by atoms with Gasteiger partial charge < -0.3 is 10.2 Å². The van der Waals surface area contributed by atoms with Crippen molar-refractivity contribution in [1.82, 2.24) is 9.97 Å². The smallest absolute Gasteiger partial charge is 0.309 e. The third kappa shape index (κ3) is 1.93. The minimum absolute atomic E-state index is 0.104. The maximum Gasteiger partial charge on any atom is 0.309 e. The van der Waals surface area contributed by atoms with Crippen molar-refractivity contribution < 1.29 is 15.0 Å². The minimum atomic E-state index is -0.938. The summed E-state index contributed by atoms with van der Waals surface area (Å²) in [5.41, 5.74) is 1.03. The van der Waals surface area contributed by atoms with Gasteiger partial charge in [-0.3, -0.25) is 4.79 Å². The van der Waals surface area contributed by atoms with Gasteiger partial charge in [0.05, 0.1) is 17.6 Å². The number of aromatic hydroxyl groups is 1. The normalized spacial score (nSPS) is 10.6. The first-order valence-electron chi connectivity index (χ1n) is 4.74. The fourth-order valence-electron chi connectivity index (χ4n) is 1.59. The number of aromatic nitrogens is 2. The van der Waals surface area contributed by atoms with Crippen LogP contribution >= 0.6 is 0 Å². The van der Waals surface area contributed by atoms with Crippen molar-refractivity contribution in [1.29, 1.82) is 0 Å². The van der Waals surface area contributed by atoms with E-state index in [2.05, 4.69) is 9.97 Å². The molecular weight excluding hydrogens is 208 g/mol. The predicted molar refractivity (Wildman–Crippen MR) is 57.3 cm³/mol. The molecule has 82 valence electrons. The number of carbonyl (C=O) groups is 1. The van der Waals surface area contributed by atoms with Crippen LogP contribution in [0.25, 0.3) is 10.9 Å². The Morgan fingerprint density at radius 1 is 1.38 bits per heavy atom. The minimum Gasteiger partial charge on any atom is -0.508 e. The van der Waals surface area contributed by atoms with Crippen LogP contribution in [0, 0.1) is 6.92 Å². The van der Waals surface area contributed by atoms with Crippen molar-refractivity contribution in [2.24, 2.45) is 0 Å². The first-order chi connectivity index (χ1) is 7.56. The molecule has 16 heavy (non-hydrogen) atoms. The number of nitrogens with zero attached hydrogens (tertiary/aromatic N) is 2. The monoisotopic (exact) mass is 218 g/mol. The summed E-state index contributed by atoms with van der Waals surface area (Å²) in [6, 6.07) is 4.62. The highest BCUT2D eigenvalue weighted by Gasteiger charge is 2.09. The topological polar surface area (TPSA) is 83.3 Å². The zero-order valence-corrected chi connectivity index (χ0v) is 8.64. The summed E-state index contributed by atoms with van der Waals surface area (Å²) >= 11 is 0. The Bertz CT molecular complexity index is 561. The summed E-state index contributed by atoms with van der Waals surface area (Å²) in [5.74, 6) is -0.339. The first-order valence-corrected chi connectivity index (χ1v) is 4.74. The average molecular weight is 218 g/mol. The molecule has 0 spiro atoms. The van der Waals surface area contributed by atoms with Gasteiger partial charge in [0.1, 0.15) is 11.6 Å². The molecule has 0 saturated carbocycles. The Kier molecular flexibility index (Phi) is 2.44. The van der Waals surface area contributed by atoms with Crippen LogP contribution in [0.1, 0.15) is 11.5 Å². The predicted octanol–water partition coefficient (Wildman–Crippen LogP) is 1.27. The highest BCUT2D eigenvalue weighted by Crippen LogP contribution is 2.21. The van der Waals surface area contributed by atoms with Crippen LogP contribution in [0.3, 0.4) is 0 Å². The molecule has 2 rings (SSSR count). The van der Waals surface area contributed by atoms with Gasteiger partial charge in [0.15, 0.2) is 0 Å². The summed E-state index contributed by atoms with van der Waals surface area (Å²) < 4.78 is 0. The van der Waals surface area contributed by atoms with E-state index < -0.39 is 5.97 Å². The van der Waals surface area contributed by atoms with Crippen LogP contribution in [0.4, 0.5) is 0 Å². The van der Waals surface area contributed by atoms with Crippen molar-refractivity contribution in [3.63, 3.8) is 0 Å². The van der Waals surface area contributed by atoms with E-state index in [4.69, 9.17) is 5.11 Å². The number of carboxylic acid groups (broad SMARTS) is 1. The maximum absolute atomic E-state index is 10.7. The third-order valence-corrected chi connectivity index (χ3v) is 2.19. The number of aryl methyl sites for hydroxylation is 1. The second kappa shape index (κ2) is 3.77. The lowest BCUT2D eigenvalue weighted by Crippen LogP contribution is -2.05. The van der Waals surface area contributed by atoms with Gasteiger partial charge in [0.2, 0.25) is 0 Å². The standard InChI is InChI=1S/C11H10N2O3/c1-6-12-9-4-7(14)2-3-8(9)10(13-6)5-11(15)16/h2-4,14H,5H2,1H3,(H,15,16). The molecule has 0 fully saturated rings. The zero-order chi connectivity index (χ0) is 11.7. The van der Waals surface area contributed by atoms with Gasteiger partial charge in [-0.25, -0.2) is 9.97 Å². The van der Waals surface area contributed by atoms with Crippen LogP contribution in [0.15, 0.2) is 18.2 Å². The molecule has 0 amide bonds. The number of hydrogen-bond donors (Lipinski definition) is 2. The summed E-state index contributed by atoms with van der Waals surface area (Å²) in [7, 11) is 0. The summed E-state index contributed by atoms with van der Waals surface area (Å²) in [6.45, 7) is 1.69.